The third-order valence-corrected chi connectivity index (χ3v) is 4.03. The second kappa shape index (κ2) is 5.81. The number of hydrogen-bond acceptors (Lipinski definition) is 7. The van der Waals surface area contributed by atoms with Crippen LogP contribution in [-0.4, -0.2) is 46.8 Å². The van der Waals surface area contributed by atoms with Gasteiger partial charge in [-0.3, -0.25) is 15.1 Å². The fourth-order valence-corrected chi connectivity index (χ4v) is 3.01. The van der Waals surface area contributed by atoms with E-state index < -0.39 is 23.0 Å². The van der Waals surface area contributed by atoms with Gasteiger partial charge in [0.15, 0.2) is 0 Å². The second-order valence-electron chi connectivity index (χ2n) is 5.36. The normalized spacial score (nSPS) is 20.7. The molecule has 1 aliphatic heterocycles. The predicted octanol–water partition coefficient (Wildman–Crippen LogP) is 1.26. The number of nitro benzene ring substituents is 1. The van der Waals surface area contributed by atoms with E-state index in [-0.39, 0.29) is 18.7 Å². The number of aliphatic hydroxyl groups is 1. The Labute approximate surface area is 131 Å². The first-order chi connectivity index (χ1) is 11.0. The highest BCUT2D eigenvalue weighted by Crippen LogP contribution is 2.36. The number of nitro groups is 1. The first-order valence-electron chi connectivity index (χ1n) is 7.06. The molecule has 0 radical (unpaired) electrons. The third kappa shape index (κ3) is 2.57. The second-order valence-corrected chi connectivity index (χ2v) is 5.36. The number of esters is 1. The Hall–Kier alpha value is -2.74. The van der Waals surface area contributed by atoms with Gasteiger partial charge in [0.2, 0.25) is 0 Å². The summed E-state index contributed by atoms with van der Waals surface area (Å²) in [5.41, 5.74) is 0.589. The molecule has 2 aromatic rings. The fraction of sp³-hybridized carbons (Fsp3) is 0.333. The average molecular weight is 317 g/mol. The number of hydrogen-bond donors (Lipinski definition) is 1. The molecule has 1 fully saturated rings. The molecule has 1 aromatic carbocycles. The molecule has 8 nitrogen and oxygen atoms in total. The summed E-state index contributed by atoms with van der Waals surface area (Å²) in [4.78, 5) is 28.3. The quantitative estimate of drug-likeness (QED) is 0.516. The Morgan fingerprint density at radius 2 is 2.22 bits per heavy atom. The monoisotopic (exact) mass is 317 g/mol. The zero-order valence-electron chi connectivity index (χ0n) is 12.4. The first-order valence-corrected chi connectivity index (χ1v) is 7.06. The molecule has 0 amide bonds. The summed E-state index contributed by atoms with van der Waals surface area (Å²) < 4.78 is 4.80. The van der Waals surface area contributed by atoms with Gasteiger partial charge in [-0.2, -0.15) is 0 Å². The molecule has 0 unspecified atom stereocenters. The van der Waals surface area contributed by atoms with E-state index in [9.17, 15) is 20.0 Å². The van der Waals surface area contributed by atoms with Crippen molar-refractivity contribution in [1.82, 2.24) is 4.98 Å². The molecule has 2 atom stereocenters. The molecule has 1 aliphatic rings. The molecule has 23 heavy (non-hydrogen) atoms. The molecule has 1 saturated heterocycles. The van der Waals surface area contributed by atoms with Gasteiger partial charge in [-0.15, -0.1) is 0 Å². The van der Waals surface area contributed by atoms with E-state index in [1.54, 1.807) is 17.0 Å². The van der Waals surface area contributed by atoms with Gasteiger partial charge in [0.25, 0.3) is 5.69 Å². The van der Waals surface area contributed by atoms with Crippen molar-refractivity contribution in [3.8, 4) is 0 Å². The minimum absolute atomic E-state index is 0.0498. The molecule has 0 saturated carbocycles. The summed E-state index contributed by atoms with van der Waals surface area (Å²) in [6.45, 7) is 0.259. The average Bonchev–Trinajstić information content (AvgIpc) is 2.94. The Morgan fingerprint density at radius 1 is 1.43 bits per heavy atom. The number of rotatable bonds is 3. The molecule has 0 spiro atoms. The van der Waals surface area contributed by atoms with Crippen molar-refractivity contribution in [1.29, 1.82) is 0 Å². The van der Waals surface area contributed by atoms with Crippen LogP contribution in [0.3, 0.4) is 0 Å². The van der Waals surface area contributed by atoms with E-state index >= 15 is 0 Å². The van der Waals surface area contributed by atoms with Crippen LogP contribution < -0.4 is 4.90 Å². The number of anilines is 1. The van der Waals surface area contributed by atoms with Crippen molar-refractivity contribution < 1.29 is 19.6 Å². The Kier molecular flexibility index (Phi) is 3.83. The van der Waals surface area contributed by atoms with Crippen molar-refractivity contribution in [2.24, 2.45) is 0 Å². The number of pyridine rings is 1. The Morgan fingerprint density at radius 3 is 2.91 bits per heavy atom. The first kappa shape index (κ1) is 15.2. The lowest BCUT2D eigenvalue weighted by atomic mass is 10.1. The molecular formula is C15H15N3O5. The van der Waals surface area contributed by atoms with E-state index in [4.69, 9.17) is 4.74 Å². The van der Waals surface area contributed by atoms with Crippen LogP contribution in [0.25, 0.3) is 10.8 Å². The number of aromatic nitrogens is 1. The van der Waals surface area contributed by atoms with Crippen LogP contribution in [-0.2, 0) is 9.53 Å². The minimum atomic E-state index is -0.661. The van der Waals surface area contributed by atoms with Crippen molar-refractivity contribution in [3.05, 3.63) is 40.7 Å². The number of nitrogens with zero attached hydrogens (tertiary/aromatic N) is 3. The maximum Gasteiger partial charge on any atom is 0.328 e. The summed E-state index contributed by atoms with van der Waals surface area (Å²) in [5, 5.41) is 22.1. The van der Waals surface area contributed by atoms with Crippen LogP contribution in [0.1, 0.15) is 6.42 Å². The highest BCUT2D eigenvalue weighted by molar-refractivity contribution is 6.00. The number of aliphatic hydroxyl groups excluding tert-OH is 1. The smallest absolute Gasteiger partial charge is 0.328 e. The highest BCUT2D eigenvalue weighted by atomic mass is 16.6. The van der Waals surface area contributed by atoms with E-state index in [1.165, 1.54) is 25.6 Å². The summed E-state index contributed by atoms with van der Waals surface area (Å²) in [6, 6.07) is 4.02. The van der Waals surface area contributed by atoms with Crippen LogP contribution in [0.15, 0.2) is 30.6 Å². The number of non-ortho nitro benzene ring substituents is 1. The largest absolute Gasteiger partial charge is 0.467 e. The van der Waals surface area contributed by atoms with Gasteiger partial charge in [0.1, 0.15) is 6.04 Å². The summed E-state index contributed by atoms with van der Waals surface area (Å²) in [6.07, 6.45) is 2.56. The van der Waals surface area contributed by atoms with Gasteiger partial charge in [-0.25, -0.2) is 4.79 Å². The lowest BCUT2D eigenvalue weighted by molar-refractivity contribution is -0.383. The van der Waals surface area contributed by atoms with Crippen LogP contribution in [0, 0.1) is 10.1 Å². The van der Waals surface area contributed by atoms with Crippen LogP contribution in [0.4, 0.5) is 11.4 Å². The summed E-state index contributed by atoms with van der Waals surface area (Å²) >= 11 is 0. The van der Waals surface area contributed by atoms with E-state index in [1.807, 2.05) is 0 Å². The zero-order chi connectivity index (χ0) is 16.6. The minimum Gasteiger partial charge on any atom is -0.467 e. The summed E-state index contributed by atoms with van der Waals surface area (Å²) in [7, 11) is 1.29. The third-order valence-electron chi connectivity index (χ3n) is 4.03. The maximum absolute atomic E-state index is 12.0. The van der Waals surface area contributed by atoms with Crippen molar-refractivity contribution in [3.63, 3.8) is 0 Å². The standard InChI is InChI=1S/C15H15N3O5/c1-23-15(20)14-6-9(19)8-17(14)12-2-3-13(18(21)22)11-7-16-5-4-10(11)12/h2-5,7,9,14,19H,6,8H2,1H3/t9-,14+/m1/s1. The van der Waals surface area contributed by atoms with Gasteiger partial charge in [0, 0.05) is 42.5 Å². The van der Waals surface area contributed by atoms with Crippen LogP contribution in [0.5, 0.6) is 0 Å². The number of carbonyl (C=O) groups is 1. The van der Waals surface area contributed by atoms with E-state index in [0.717, 1.165) is 0 Å². The van der Waals surface area contributed by atoms with Gasteiger partial charge < -0.3 is 14.7 Å². The molecule has 3 rings (SSSR count). The number of methoxy groups -OCH3 is 1. The van der Waals surface area contributed by atoms with Crippen LogP contribution >= 0.6 is 0 Å². The molecule has 1 N–H and O–H groups in total. The molecule has 2 heterocycles. The van der Waals surface area contributed by atoms with Crippen molar-refractivity contribution in [2.45, 2.75) is 18.6 Å². The molecule has 120 valence electrons. The SMILES string of the molecule is COC(=O)[C@@H]1C[C@@H](O)CN1c1ccc([N+](=O)[O-])c2cnccc12. The lowest BCUT2D eigenvalue weighted by Crippen LogP contribution is -2.37. The fourth-order valence-electron chi connectivity index (χ4n) is 3.01. The van der Waals surface area contributed by atoms with Gasteiger partial charge >= 0.3 is 5.97 Å². The molecular weight excluding hydrogens is 302 g/mol. The number of carbonyl (C=O) groups excluding carboxylic acids is 1. The number of benzene rings is 1. The highest BCUT2D eigenvalue weighted by Gasteiger charge is 2.37. The topological polar surface area (TPSA) is 106 Å². The number of β-amino-alcohol motifs (C(OH)–C–C–N with tert-alkyl or cyclic N) is 1. The molecule has 1 aromatic heterocycles. The number of fused-ring (bicyclic) bond motifs is 1. The van der Waals surface area contributed by atoms with Gasteiger partial charge in [-0.1, -0.05) is 0 Å². The number of ether oxygens (including phenoxy) is 1. The zero-order valence-corrected chi connectivity index (χ0v) is 12.4. The van der Waals surface area contributed by atoms with Crippen LogP contribution in [0.2, 0.25) is 0 Å². The lowest BCUT2D eigenvalue weighted by Gasteiger charge is -2.25. The van der Waals surface area contributed by atoms with E-state index in [2.05, 4.69) is 4.98 Å². The molecule has 0 bridgehead atoms. The van der Waals surface area contributed by atoms with Crippen molar-refractivity contribution in [2.75, 3.05) is 18.6 Å². The van der Waals surface area contributed by atoms with Gasteiger partial charge in [-0.05, 0) is 12.1 Å². The predicted molar refractivity (Wildman–Crippen MR) is 82.2 cm³/mol. The molecule has 0 aliphatic carbocycles. The Bertz CT molecular complexity index is 779. The maximum atomic E-state index is 12.0. The molecule has 8 heteroatoms. The van der Waals surface area contributed by atoms with Crippen molar-refractivity contribution >= 4 is 28.1 Å². The Balaban J connectivity index is 2.15. The summed E-state index contributed by atoms with van der Waals surface area (Å²) in [5.74, 6) is -0.442. The van der Waals surface area contributed by atoms with Gasteiger partial charge in [0.05, 0.1) is 23.5 Å². The van der Waals surface area contributed by atoms with E-state index in [0.29, 0.717) is 16.5 Å².